The lowest BCUT2D eigenvalue weighted by atomic mass is 10.4. The molecule has 3 rings (SSSR count). The molecule has 0 amide bonds. The van der Waals surface area contributed by atoms with Gasteiger partial charge in [-0.2, -0.15) is 4.98 Å². The van der Waals surface area contributed by atoms with Crippen molar-refractivity contribution in [3.63, 3.8) is 0 Å². The summed E-state index contributed by atoms with van der Waals surface area (Å²) < 4.78 is 7.00. The lowest BCUT2D eigenvalue weighted by Gasteiger charge is -2.02. The van der Waals surface area contributed by atoms with Crippen LogP contribution in [0.1, 0.15) is 5.89 Å². The van der Waals surface area contributed by atoms with E-state index in [2.05, 4.69) is 26.9 Å². The largest absolute Gasteiger partial charge is 0.368 e. The lowest BCUT2D eigenvalue weighted by molar-refractivity contribution is 0.391. The molecule has 0 fully saturated rings. The Morgan fingerprint density at radius 2 is 2.38 bits per heavy atom. The number of nitrogen functional groups attached to an aromatic ring is 1. The smallest absolute Gasteiger partial charge is 0.237 e. The number of nitrogens with two attached hydrogens (primary N) is 1. The van der Waals surface area contributed by atoms with Gasteiger partial charge < -0.3 is 10.3 Å². The average Bonchev–Trinajstić information content (AvgIpc) is 3.19. The van der Waals surface area contributed by atoms with E-state index in [0.717, 1.165) is 4.88 Å². The predicted octanol–water partition coefficient (Wildman–Crippen LogP) is 2.45. The Bertz CT molecular complexity index is 733. The maximum absolute atomic E-state index is 5.74. The highest BCUT2D eigenvalue weighted by molar-refractivity contribution is 7.98. The van der Waals surface area contributed by atoms with Crippen molar-refractivity contribution in [3.8, 4) is 10.7 Å². The van der Waals surface area contributed by atoms with E-state index in [1.807, 2.05) is 17.5 Å². The Hall–Kier alpha value is -2.13. The molecule has 0 saturated carbocycles. The lowest BCUT2D eigenvalue weighted by Crippen LogP contribution is -2.03. The van der Waals surface area contributed by atoms with Crippen LogP contribution < -0.4 is 5.73 Å². The van der Waals surface area contributed by atoms with Crippen molar-refractivity contribution >= 4 is 29.0 Å². The SMILES string of the molecule is C=CCn1c(N)nnc1SCc1nc(-c2cccs2)no1. The van der Waals surface area contributed by atoms with E-state index in [1.165, 1.54) is 11.8 Å². The average molecular weight is 320 g/mol. The van der Waals surface area contributed by atoms with Crippen LogP contribution in [0, 0.1) is 0 Å². The van der Waals surface area contributed by atoms with Crippen LogP contribution in [0.5, 0.6) is 0 Å². The van der Waals surface area contributed by atoms with Crippen LogP contribution in [0.4, 0.5) is 5.95 Å². The second-order valence-corrected chi connectivity index (χ2v) is 5.91. The van der Waals surface area contributed by atoms with Crippen LogP contribution >= 0.6 is 23.1 Å². The molecule has 0 aliphatic heterocycles. The summed E-state index contributed by atoms with van der Waals surface area (Å²) >= 11 is 3.01. The minimum Gasteiger partial charge on any atom is -0.368 e. The molecule has 0 unspecified atom stereocenters. The molecule has 0 spiro atoms. The Kier molecular flexibility index (Phi) is 4.02. The molecule has 3 aromatic rings. The Labute approximate surface area is 128 Å². The molecule has 3 heterocycles. The topological polar surface area (TPSA) is 95.7 Å². The molecule has 0 aliphatic rings. The molecule has 3 aromatic heterocycles. The standard InChI is InChI=1S/C12H12N6OS2/c1-2-5-18-11(13)15-16-12(18)21-7-9-14-10(17-19-9)8-4-3-6-20-8/h2-4,6H,1,5,7H2,(H2,13,15). The third-order valence-corrected chi connectivity index (χ3v) is 4.41. The van der Waals surface area contributed by atoms with E-state index in [1.54, 1.807) is 22.0 Å². The van der Waals surface area contributed by atoms with Gasteiger partial charge >= 0.3 is 0 Å². The van der Waals surface area contributed by atoms with Gasteiger partial charge in [0.2, 0.25) is 17.7 Å². The van der Waals surface area contributed by atoms with Gasteiger partial charge in [0.15, 0.2) is 5.16 Å². The van der Waals surface area contributed by atoms with Crippen molar-refractivity contribution in [2.24, 2.45) is 0 Å². The molecular formula is C12H12N6OS2. The fourth-order valence-corrected chi connectivity index (χ4v) is 3.09. The molecule has 0 aliphatic carbocycles. The molecular weight excluding hydrogens is 308 g/mol. The van der Waals surface area contributed by atoms with Gasteiger partial charge in [0.25, 0.3) is 0 Å². The first kappa shape index (κ1) is 13.8. The quantitative estimate of drug-likeness (QED) is 0.550. The molecule has 0 atom stereocenters. The molecule has 0 radical (unpaired) electrons. The predicted molar refractivity (Wildman–Crippen MR) is 81.8 cm³/mol. The van der Waals surface area contributed by atoms with Crippen LogP contribution in [0.15, 0.2) is 39.8 Å². The van der Waals surface area contributed by atoms with E-state index < -0.39 is 0 Å². The second kappa shape index (κ2) is 6.10. The second-order valence-electron chi connectivity index (χ2n) is 4.02. The van der Waals surface area contributed by atoms with Gasteiger partial charge in [0.05, 0.1) is 10.6 Å². The van der Waals surface area contributed by atoms with Gasteiger partial charge in [-0.25, -0.2) is 0 Å². The van der Waals surface area contributed by atoms with Gasteiger partial charge in [-0.1, -0.05) is 29.1 Å². The summed E-state index contributed by atoms with van der Waals surface area (Å²) in [5, 5.41) is 14.5. The van der Waals surface area contributed by atoms with Gasteiger partial charge in [0.1, 0.15) is 0 Å². The van der Waals surface area contributed by atoms with Crippen molar-refractivity contribution in [1.29, 1.82) is 0 Å². The van der Waals surface area contributed by atoms with E-state index in [4.69, 9.17) is 10.3 Å². The van der Waals surface area contributed by atoms with Crippen molar-refractivity contribution in [3.05, 3.63) is 36.1 Å². The number of allylic oxidation sites excluding steroid dienone is 1. The molecule has 9 heteroatoms. The molecule has 0 bridgehead atoms. The minimum atomic E-state index is 0.363. The fourth-order valence-electron chi connectivity index (χ4n) is 1.65. The number of hydrogen-bond donors (Lipinski definition) is 1. The summed E-state index contributed by atoms with van der Waals surface area (Å²) in [5.41, 5.74) is 5.74. The van der Waals surface area contributed by atoms with Gasteiger partial charge in [-0.05, 0) is 11.4 Å². The monoisotopic (exact) mass is 320 g/mol. The number of rotatable bonds is 6. The van der Waals surface area contributed by atoms with Crippen molar-refractivity contribution in [1.82, 2.24) is 24.9 Å². The molecule has 7 nitrogen and oxygen atoms in total. The van der Waals surface area contributed by atoms with E-state index in [0.29, 0.717) is 35.1 Å². The summed E-state index contributed by atoms with van der Waals surface area (Å²) in [4.78, 5) is 5.33. The fraction of sp³-hybridized carbons (Fsp3) is 0.167. The van der Waals surface area contributed by atoms with E-state index >= 15 is 0 Å². The zero-order valence-corrected chi connectivity index (χ0v) is 12.6. The van der Waals surface area contributed by atoms with Gasteiger partial charge in [-0.3, -0.25) is 4.57 Å². The van der Waals surface area contributed by atoms with Crippen molar-refractivity contribution < 1.29 is 4.52 Å². The number of hydrogen-bond acceptors (Lipinski definition) is 8. The molecule has 108 valence electrons. The number of aromatic nitrogens is 5. The van der Waals surface area contributed by atoms with Gasteiger partial charge in [0, 0.05) is 6.54 Å². The van der Waals surface area contributed by atoms with Crippen LogP contribution in [-0.4, -0.2) is 24.9 Å². The molecule has 0 saturated heterocycles. The minimum absolute atomic E-state index is 0.363. The normalized spacial score (nSPS) is 10.9. The van der Waals surface area contributed by atoms with Crippen LogP contribution in [0.25, 0.3) is 10.7 Å². The highest BCUT2D eigenvalue weighted by Crippen LogP contribution is 2.25. The molecule has 0 aromatic carbocycles. The van der Waals surface area contributed by atoms with Crippen LogP contribution in [0.2, 0.25) is 0 Å². The van der Waals surface area contributed by atoms with Crippen molar-refractivity contribution in [2.75, 3.05) is 5.73 Å². The highest BCUT2D eigenvalue weighted by Gasteiger charge is 2.13. The Balaban J connectivity index is 1.69. The first-order valence-electron chi connectivity index (χ1n) is 6.06. The van der Waals surface area contributed by atoms with Crippen LogP contribution in [0.3, 0.4) is 0 Å². The summed E-state index contributed by atoms with van der Waals surface area (Å²) in [6, 6.07) is 3.90. The maximum atomic E-state index is 5.74. The van der Waals surface area contributed by atoms with Gasteiger partial charge in [-0.15, -0.1) is 28.1 Å². The summed E-state index contributed by atoms with van der Waals surface area (Å²) in [7, 11) is 0. The Morgan fingerprint density at radius 1 is 1.48 bits per heavy atom. The van der Waals surface area contributed by atoms with E-state index in [9.17, 15) is 0 Å². The summed E-state index contributed by atoms with van der Waals surface area (Å²) in [6.45, 7) is 4.25. The summed E-state index contributed by atoms with van der Waals surface area (Å²) in [6.07, 6.45) is 1.74. The number of nitrogens with zero attached hydrogens (tertiary/aromatic N) is 5. The maximum Gasteiger partial charge on any atom is 0.237 e. The Morgan fingerprint density at radius 3 is 3.14 bits per heavy atom. The number of thiophene rings is 1. The zero-order valence-electron chi connectivity index (χ0n) is 11.0. The van der Waals surface area contributed by atoms with Crippen LogP contribution in [-0.2, 0) is 12.3 Å². The number of anilines is 1. The molecule has 2 N–H and O–H groups in total. The molecule has 21 heavy (non-hydrogen) atoms. The zero-order chi connectivity index (χ0) is 14.7. The highest BCUT2D eigenvalue weighted by atomic mass is 32.2. The first-order valence-corrected chi connectivity index (χ1v) is 7.93. The van der Waals surface area contributed by atoms with Crippen molar-refractivity contribution in [2.45, 2.75) is 17.5 Å². The van der Waals surface area contributed by atoms with E-state index in [-0.39, 0.29) is 0 Å². The third kappa shape index (κ3) is 2.98. The summed E-state index contributed by atoms with van der Waals surface area (Å²) in [5.74, 6) is 2.01. The third-order valence-electron chi connectivity index (χ3n) is 2.59. The number of thioether (sulfide) groups is 1. The first-order chi connectivity index (χ1) is 10.3.